The van der Waals surface area contributed by atoms with E-state index >= 15 is 0 Å². The lowest BCUT2D eigenvalue weighted by Crippen LogP contribution is -2.51. The maximum atomic E-state index is 12.2. The van der Waals surface area contributed by atoms with Gasteiger partial charge in [0.25, 0.3) is 0 Å². The largest absolute Gasteiger partial charge is 0.444 e. The molecule has 0 aromatic heterocycles. The van der Waals surface area contributed by atoms with E-state index in [1.165, 1.54) is 0 Å². The number of rotatable bonds is 3. The second-order valence-electron chi connectivity index (χ2n) is 7.26. The summed E-state index contributed by atoms with van der Waals surface area (Å²) in [4.78, 5) is 23.9. The molecule has 0 aromatic rings. The highest BCUT2D eigenvalue weighted by molar-refractivity contribution is 5.85. The first-order chi connectivity index (χ1) is 10.7. The molecule has 1 saturated carbocycles. The summed E-state index contributed by atoms with van der Waals surface area (Å²) in [6, 6.07) is -0.552. The van der Waals surface area contributed by atoms with Crippen LogP contribution < -0.4 is 10.6 Å². The number of amides is 2. The van der Waals surface area contributed by atoms with Crippen LogP contribution in [0.2, 0.25) is 0 Å². The number of alkyl carbamates (subject to hydrolysis) is 1. The number of hydrogen-bond donors (Lipinski definition) is 2. The Morgan fingerprint density at radius 2 is 1.74 bits per heavy atom. The van der Waals surface area contributed by atoms with Crippen LogP contribution >= 0.6 is 0 Å². The number of hydrogen-bond acceptors (Lipinski definition) is 5. The fourth-order valence-electron chi connectivity index (χ4n) is 2.86. The van der Waals surface area contributed by atoms with Crippen molar-refractivity contribution in [3.05, 3.63) is 0 Å². The maximum Gasteiger partial charge on any atom is 0.408 e. The van der Waals surface area contributed by atoms with E-state index in [0.29, 0.717) is 13.2 Å². The lowest BCUT2D eigenvalue weighted by atomic mass is 9.90. The van der Waals surface area contributed by atoms with Crippen LogP contribution in [0.4, 0.5) is 4.79 Å². The highest BCUT2D eigenvalue weighted by atomic mass is 16.7. The van der Waals surface area contributed by atoms with Gasteiger partial charge in [-0.15, -0.1) is 0 Å². The predicted octanol–water partition coefficient (Wildman–Crippen LogP) is 1.70. The van der Waals surface area contributed by atoms with Crippen LogP contribution in [0, 0.1) is 0 Å². The van der Waals surface area contributed by atoms with Gasteiger partial charge in [0.05, 0.1) is 13.2 Å². The molecule has 132 valence electrons. The fraction of sp³-hybridized carbons (Fsp3) is 0.875. The Labute approximate surface area is 137 Å². The van der Waals surface area contributed by atoms with Crippen molar-refractivity contribution >= 4 is 12.0 Å². The van der Waals surface area contributed by atoms with Gasteiger partial charge in [0.1, 0.15) is 11.6 Å². The zero-order valence-electron chi connectivity index (χ0n) is 14.4. The summed E-state index contributed by atoms with van der Waals surface area (Å²) in [7, 11) is 0. The van der Waals surface area contributed by atoms with Crippen molar-refractivity contribution in [3.8, 4) is 0 Å². The van der Waals surface area contributed by atoms with Gasteiger partial charge in [-0.25, -0.2) is 4.79 Å². The Morgan fingerprint density at radius 1 is 1.17 bits per heavy atom. The number of nitrogens with one attached hydrogen (secondary N) is 2. The van der Waals surface area contributed by atoms with Gasteiger partial charge in [-0.3, -0.25) is 4.79 Å². The molecule has 1 atom stereocenters. The molecule has 1 aliphatic heterocycles. The Balaban J connectivity index is 1.73. The minimum Gasteiger partial charge on any atom is -0.444 e. The highest BCUT2D eigenvalue weighted by Crippen LogP contribution is 2.35. The average Bonchev–Trinajstić information content (AvgIpc) is 2.87. The molecule has 2 N–H and O–H groups in total. The van der Waals surface area contributed by atoms with Crippen molar-refractivity contribution in [1.29, 1.82) is 0 Å². The molecule has 0 bridgehead atoms. The molecule has 23 heavy (non-hydrogen) atoms. The second kappa shape index (κ2) is 7.05. The van der Waals surface area contributed by atoms with Gasteiger partial charge in [0, 0.05) is 18.9 Å². The van der Waals surface area contributed by atoms with E-state index in [-0.39, 0.29) is 11.9 Å². The van der Waals surface area contributed by atoms with Gasteiger partial charge in [-0.2, -0.15) is 0 Å². The van der Waals surface area contributed by atoms with Gasteiger partial charge >= 0.3 is 6.09 Å². The van der Waals surface area contributed by atoms with Crippen molar-refractivity contribution in [2.45, 2.75) is 76.9 Å². The third-order valence-corrected chi connectivity index (χ3v) is 4.03. The molecule has 2 amide bonds. The van der Waals surface area contributed by atoms with E-state index in [1.54, 1.807) is 27.7 Å². The Hall–Kier alpha value is -1.34. The predicted molar refractivity (Wildman–Crippen MR) is 83.9 cm³/mol. The number of carbonyl (C=O) groups excluding carboxylic acids is 2. The first kappa shape index (κ1) is 18.0. The number of ether oxygens (including phenoxy) is 3. The van der Waals surface area contributed by atoms with Gasteiger partial charge in [0.2, 0.25) is 5.91 Å². The van der Waals surface area contributed by atoms with Crippen LogP contribution in [0.15, 0.2) is 0 Å². The lowest BCUT2D eigenvalue weighted by Gasteiger charge is -2.35. The summed E-state index contributed by atoms with van der Waals surface area (Å²) in [5.74, 6) is -0.633. The molecule has 0 radical (unpaired) electrons. The smallest absolute Gasteiger partial charge is 0.408 e. The lowest BCUT2D eigenvalue weighted by molar-refractivity contribution is -0.180. The van der Waals surface area contributed by atoms with Gasteiger partial charge < -0.3 is 24.8 Å². The van der Waals surface area contributed by atoms with E-state index in [2.05, 4.69) is 10.6 Å². The van der Waals surface area contributed by atoms with Crippen molar-refractivity contribution in [2.75, 3.05) is 13.2 Å². The SMILES string of the molecule is CC(NC(=O)OC(C)(C)C)C(=O)NC1CCC2(CC1)OCCO2. The van der Waals surface area contributed by atoms with Gasteiger partial charge in [0.15, 0.2) is 5.79 Å². The van der Waals surface area contributed by atoms with Crippen LogP contribution in [0.3, 0.4) is 0 Å². The minimum absolute atomic E-state index is 0.0869. The number of carbonyl (C=O) groups is 2. The standard InChI is InChI=1S/C16H28N2O5/c1-11(17-14(20)23-15(2,3)4)13(19)18-12-5-7-16(8-6-12)21-9-10-22-16/h11-12H,5-10H2,1-4H3,(H,17,20)(H,18,19). The molecule has 7 heteroatoms. The van der Waals surface area contributed by atoms with E-state index in [1.807, 2.05) is 0 Å². The minimum atomic E-state index is -0.639. The van der Waals surface area contributed by atoms with Crippen LogP contribution in [-0.4, -0.2) is 48.7 Å². The van der Waals surface area contributed by atoms with Crippen molar-refractivity contribution in [3.63, 3.8) is 0 Å². The van der Waals surface area contributed by atoms with Crippen molar-refractivity contribution in [2.24, 2.45) is 0 Å². The molecule has 2 fully saturated rings. The van der Waals surface area contributed by atoms with E-state index in [9.17, 15) is 9.59 Å². The van der Waals surface area contributed by atoms with Crippen LogP contribution in [0.5, 0.6) is 0 Å². The summed E-state index contributed by atoms with van der Waals surface area (Å²) < 4.78 is 16.5. The average molecular weight is 328 g/mol. The van der Waals surface area contributed by atoms with Crippen LogP contribution in [0.25, 0.3) is 0 Å². The third kappa shape index (κ3) is 5.35. The zero-order chi connectivity index (χ0) is 17.1. The van der Waals surface area contributed by atoms with Crippen molar-refractivity contribution in [1.82, 2.24) is 10.6 Å². The topological polar surface area (TPSA) is 85.9 Å². The molecule has 1 unspecified atom stereocenters. The third-order valence-electron chi connectivity index (χ3n) is 4.03. The molecule has 1 saturated heterocycles. The monoisotopic (exact) mass is 328 g/mol. The Morgan fingerprint density at radius 3 is 2.26 bits per heavy atom. The van der Waals surface area contributed by atoms with Gasteiger partial charge in [-0.05, 0) is 40.5 Å². The van der Waals surface area contributed by atoms with Crippen LogP contribution in [-0.2, 0) is 19.0 Å². The second-order valence-corrected chi connectivity index (χ2v) is 7.26. The molecule has 2 rings (SSSR count). The van der Waals surface area contributed by atoms with E-state index in [4.69, 9.17) is 14.2 Å². The van der Waals surface area contributed by atoms with Crippen LogP contribution in [0.1, 0.15) is 53.4 Å². The summed E-state index contributed by atoms with van der Waals surface area (Å²) in [6.07, 6.45) is 2.60. The molecular formula is C16H28N2O5. The van der Waals surface area contributed by atoms with Gasteiger partial charge in [-0.1, -0.05) is 0 Å². The Kier molecular flexibility index (Phi) is 5.52. The molecule has 0 aromatic carbocycles. The van der Waals surface area contributed by atoms with Crippen molar-refractivity contribution < 1.29 is 23.8 Å². The summed E-state index contributed by atoms with van der Waals surface area (Å²) >= 11 is 0. The highest BCUT2D eigenvalue weighted by Gasteiger charge is 2.40. The Bertz CT molecular complexity index is 430. The molecule has 1 spiro atoms. The van der Waals surface area contributed by atoms with E-state index < -0.39 is 23.5 Å². The molecule has 1 aliphatic carbocycles. The molecular weight excluding hydrogens is 300 g/mol. The zero-order valence-corrected chi connectivity index (χ0v) is 14.4. The summed E-state index contributed by atoms with van der Waals surface area (Å²) in [5, 5.41) is 5.52. The first-order valence-corrected chi connectivity index (χ1v) is 8.27. The maximum absolute atomic E-state index is 12.2. The summed E-state index contributed by atoms with van der Waals surface area (Å²) in [6.45, 7) is 8.28. The summed E-state index contributed by atoms with van der Waals surface area (Å²) in [5.41, 5.74) is -0.584. The first-order valence-electron chi connectivity index (χ1n) is 8.27. The molecule has 7 nitrogen and oxygen atoms in total. The molecule has 1 heterocycles. The molecule has 2 aliphatic rings. The quantitative estimate of drug-likeness (QED) is 0.823. The van der Waals surface area contributed by atoms with E-state index in [0.717, 1.165) is 25.7 Å². The fourth-order valence-corrected chi connectivity index (χ4v) is 2.86. The normalized spacial score (nSPS) is 22.6.